The fourth-order valence-corrected chi connectivity index (χ4v) is 6.98. The molecule has 0 aliphatic carbocycles. The van der Waals surface area contributed by atoms with Crippen LogP contribution in [-0.4, -0.2) is 40.7 Å². The molecule has 1 aromatic rings. The maximum absolute atomic E-state index is 12.5. The Labute approximate surface area is 125 Å². The van der Waals surface area contributed by atoms with Gasteiger partial charge in [0, 0.05) is 5.56 Å². The predicted molar refractivity (Wildman–Crippen MR) is 73.0 cm³/mol. The monoisotopic (exact) mass is 352 g/mol. The first-order chi connectivity index (χ1) is 9.62. The molecule has 0 saturated carbocycles. The first-order valence-corrected chi connectivity index (χ1v) is 9.84. The fourth-order valence-electron chi connectivity index (χ4n) is 2.52. The number of nitrogens with two attached hydrogens (primary N) is 1. The molecular weight excluding hydrogens is 340 g/mol. The normalized spacial score (nSPS) is 31.1. The molecule has 2 aliphatic rings. The van der Waals surface area contributed by atoms with Crippen molar-refractivity contribution in [2.24, 2.45) is 5.14 Å². The third-order valence-electron chi connectivity index (χ3n) is 3.58. The minimum atomic E-state index is -4.02. The number of hydrogen-bond acceptors (Lipinski definition) is 7. The number of sulfone groups is 1. The van der Waals surface area contributed by atoms with Crippen molar-refractivity contribution in [3.05, 3.63) is 11.6 Å². The second-order valence-electron chi connectivity index (χ2n) is 4.92. The van der Waals surface area contributed by atoms with Crippen molar-refractivity contribution in [2.45, 2.75) is 32.7 Å². The number of rotatable bonds is 1. The van der Waals surface area contributed by atoms with Crippen LogP contribution in [0.15, 0.2) is 14.5 Å². The van der Waals surface area contributed by atoms with Crippen LogP contribution in [0.3, 0.4) is 0 Å². The summed E-state index contributed by atoms with van der Waals surface area (Å²) in [6.07, 6.45) is -0.747. The van der Waals surface area contributed by atoms with Gasteiger partial charge in [-0.15, -0.1) is 11.3 Å². The number of carbonyl (C=O) groups is 1. The summed E-state index contributed by atoms with van der Waals surface area (Å²) in [5.74, 6) is -0.378. The van der Waals surface area contributed by atoms with Crippen molar-refractivity contribution in [1.82, 2.24) is 5.32 Å². The van der Waals surface area contributed by atoms with Gasteiger partial charge in [0.05, 0.1) is 17.4 Å². The first kappa shape index (κ1) is 14.9. The quantitative estimate of drug-likeness (QED) is 0.675. The van der Waals surface area contributed by atoms with Crippen molar-refractivity contribution in [1.29, 1.82) is 0 Å². The predicted octanol–water partition coefficient (Wildman–Crippen LogP) is -0.873. The lowest BCUT2D eigenvalue weighted by Gasteiger charge is -2.39. The molecule has 0 aromatic carbocycles. The van der Waals surface area contributed by atoms with Crippen LogP contribution in [-0.2, 0) is 29.4 Å². The van der Waals surface area contributed by atoms with E-state index in [1.54, 1.807) is 0 Å². The summed E-state index contributed by atoms with van der Waals surface area (Å²) in [4.78, 5) is 11.5. The molecule has 3 N–H and O–H groups in total. The largest absolute Gasteiger partial charge is 0.365 e. The number of ether oxygens (including phenoxy) is 1. The van der Waals surface area contributed by atoms with Crippen LogP contribution >= 0.6 is 11.3 Å². The minimum Gasteiger partial charge on any atom is -0.365 e. The maximum atomic E-state index is 12.5. The van der Waals surface area contributed by atoms with Crippen molar-refractivity contribution in [2.75, 3.05) is 6.61 Å². The summed E-state index contributed by atoms with van der Waals surface area (Å²) in [5, 5.41) is 6.82. The van der Waals surface area contributed by atoms with Gasteiger partial charge in [0.15, 0.2) is 9.84 Å². The molecule has 8 nitrogen and oxygen atoms in total. The number of carbonyl (C=O) groups excluding carboxylic acids is 1. The van der Waals surface area contributed by atoms with Crippen molar-refractivity contribution < 1.29 is 26.4 Å². The number of hydrogen-bond donors (Lipinski definition) is 2. The summed E-state index contributed by atoms with van der Waals surface area (Å²) >= 11 is 0.602. The van der Waals surface area contributed by atoms with E-state index in [0.717, 1.165) is 0 Å². The average Bonchev–Trinajstić information content (AvgIpc) is 2.82. The molecule has 1 saturated heterocycles. The van der Waals surface area contributed by atoms with Gasteiger partial charge in [0.25, 0.3) is 0 Å². The van der Waals surface area contributed by atoms with E-state index in [1.807, 2.05) is 0 Å². The van der Waals surface area contributed by atoms with Gasteiger partial charge in [-0.05, 0) is 13.0 Å². The number of sulfonamides is 1. The fraction of sp³-hybridized carbons (Fsp3) is 0.500. The lowest BCUT2D eigenvalue weighted by molar-refractivity contribution is -0.137. The standard InChI is InChI=1S/C10H12N2O6S3/c1-4-9-8(12-6(13)3-18-9)5-2-7(21(11,16)17)19-10(5)20(4,14)15/h2,4,8-9H,3H2,1H3,(H,12,13)(H2,11,16,17)/t4-,8?,9?/m0/s1. The Morgan fingerprint density at radius 2 is 2.14 bits per heavy atom. The van der Waals surface area contributed by atoms with E-state index >= 15 is 0 Å². The molecule has 3 rings (SSSR count). The van der Waals surface area contributed by atoms with Crippen LogP contribution in [0.1, 0.15) is 18.5 Å². The topological polar surface area (TPSA) is 133 Å². The zero-order chi connectivity index (χ0) is 15.6. The summed E-state index contributed by atoms with van der Waals surface area (Å²) in [7, 11) is -7.74. The summed E-state index contributed by atoms with van der Waals surface area (Å²) in [5.41, 5.74) is 0.222. The number of nitrogens with one attached hydrogen (secondary N) is 1. The molecule has 1 fully saturated rings. The molecule has 21 heavy (non-hydrogen) atoms. The number of morpholine rings is 1. The molecule has 0 bridgehead atoms. The third kappa shape index (κ3) is 2.19. The number of amides is 1. The third-order valence-corrected chi connectivity index (χ3v) is 8.89. The Morgan fingerprint density at radius 3 is 2.76 bits per heavy atom. The average molecular weight is 352 g/mol. The first-order valence-electron chi connectivity index (χ1n) is 5.94. The number of primary sulfonamides is 1. The Bertz CT molecular complexity index is 825. The van der Waals surface area contributed by atoms with Gasteiger partial charge >= 0.3 is 0 Å². The molecule has 0 spiro atoms. The Morgan fingerprint density at radius 1 is 1.48 bits per heavy atom. The Kier molecular flexibility index (Phi) is 3.19. The van der Waals surface area contributed by atoms with Crippen molar-refractivity contribution in [3.8, 4) is 0 Å². The van der Waals surface area contributed by atoms with Gasteiger partial charge in [-0.2, -0.15) is 0 Å². The van der Waals surface area contributed by atoms with Gasteiger partial charge < -0.3 is 10.1 Å². The smallest absolute Gasteiger partial charge is 0.247 e. The van der Waals surface area contributed by atoms with Crippen LogP contribution in [0.2, 0.25) is 0 Å². The van der Waals surface area contributed by atoms with E-state index in [9.17, 15) is 21.6 Å². The Balaban J connectivity index is 2.24. The van der Waals surface area contributed by atoms with Gasteiger partial charge in [0.1, 0.15) is 15.0 Å². The van der Waals surface area contributed by atoms with Gasteiger partial charge in [-0.25, -0.2) is 22.0 Å². The van der Waals surface area contributed by atoms with E-state index in [-0.39, 0.29) is 26.5 Å². The van der Waals surface area contributed by atoms with Crippen LogP contribution in [0, 0.1) is 0 Å². The number of thiophene rings is 1. The van der Waals surface area contributed by atoms with Gasteiger partial charge in [-0.3, -0.25) is 4.79 Å². The van der Waals surface area contributed by atoms with E-state index in [4.69, 9.17) is 9.88 Å². The maximum Gasteiger partial charge on any atom is 0.247 e. The lowest BCUT2D eigenvalue weighted by atomic mass is 10.00. The molecule has 11 heteroatoms. The molecular formula is C10H12N2O6S3. The Hall–Kier alpha value is -1.01. The molecule has 2 unspecified atom stereocenters. The zero-order valence-corrected chi connectivity index (χ0v) is 13.2. The van der Waals surface area contributed by atoms with Crippen LogP contribution in [0.25, 0.3) is 0 Å². The highest BCUT2D eigenvalue weighted by molar-refractivity contribution is 7.95. The summed E-state index contributed by atoms with van der Waals surface area (Å²) in [6.45, 7) is 1.26. The molecule has 3 heterocycles. The highest BCUT2D eigenvalue weighted by Gasteiger charge is 2.49. The second-order valence-corrected chi connectivity index (χ2v) is 10.3. The van der Waals surface area contributed by atoms with E-state index in [1.165, 1.54) is 13.0 Å². The minimum absolute atomic E-state index is 0.0777. The van der Waals surface area contributed by atoms with Crippen LogP contribution < -0.4 is 10.5 Å². The molecule has 1 aromatic heterocycles. The van der Waals surface area contributed by atoms with Crippen molar-refractivity contribution >= 4 is 37.1 Å². The van der Waals surface area contributed by atoms with Crippen molar-refractivity contribution in [3.63, 3.8) is 0 Å². The highest BCUT2D eigenvalue weighted by atomic mass is 32.3. The summed E-state index contributed by atoms with van der Waals surface area (Å²) in [6, 6.07) is 0.511. The molecule has 3 atom stereocenters. The zero-order valence-electron chi connectivity index (χ0n) is 10.8. The SMILES string of the molecule is C[C@H]1C2OCC(=O)NC2c2cc(S(N)(=O)=O)sc2S1(=O)=O. The molecule has 116 valence electrons. The van der Waals surface area contributed by atoms with Crippen LogP contribution in [0.4, 0.5) is 0 Å². The van der Waals surface area contributed by atoms with Gasteiger partial charge in [0.2, 0.25) is 15.9 Å². The molecule has 0 radical (unpaired) electrons. The van der Waals surface area contributed by atoms with E-state index in [2.05, 4.69) is 5.32 Å². The second kappa shape index (κ2) is 4.49. The lowest BCUT2D eigenvalue weighted by Crippen LogP contribution is -2.54. The van der Waals surface area contributed by atoms with Crippen LogP contribution in [0.5, 0.6) is 0 Å². The van der Waals surface area contributed by atoms with Gasteiger partial charge in [-0.1, -0.05) is 0 Å². The number of fused-ring (bicyclic) bond motifs is 3. The molecule has 1 amide bonds. The highest BCUT2D eigenvalue weighted by Crippen LogP contribution is 2.44. The summed E-state index contributed by atoms with van der Waals surface area (Å²) < 4.78 is 52.8. The molecule has 2 aliphatic heterocycles. The van der Waals surface area contributed by atoms with E-state index in [0.29, 0.717) is 11.3 Å². The van der Waals surface area contributed by atoms with E-state index < -0.39 is 37.3 Å².